The first kappa shape index (κ1) is 19.2. The van der Waals surface area contributed by atoms with Crippen molar-refractivity contribution in [2.45, 2.75) is 26.7 Å². The van der Waals surface area contributed by atoms with Gasteiger partial charge in [0.25, 0.3) is 0 Å². The van der Waals surface area contributed by atoms with E-state index in [0.717, 1.165) is 0 Å². The van der Waals surface area contributed by atoms with E-state index in [2.05, 4.69) is 10.1 Å². The Labute approximate surface area is 152 Å². The summed E-state index contributed by atoms with van der Waals surface area (Å²) in [4.78, 5) is 37.9. The molecule has 136 valence electrons. The van der Waals surface area contributed by atoms with Crippen molar-refractivity contribution in [3.05, 3.63) is 28.8 Å². The van der Waals surface area contributed by atoms with Crippen LogP contribution in [0.4, 0.5) is 5.69 Å². The lowest BCUT2D eigenvalue weighted by Crippen LogP contribution is -2.43. The SMILES string of the molecule is COC(=O)c1cc(NC(=O)C2CCN(C(=O)C(C)C)CC2)ccc1Cl. The molecule has 1 N–H and O–H groups in total. The average Bonchev–Trinajstić information content (AvgIpc) is 2.62. The molecule has 25 heavy (non-hydrogen) atoms. The predicted octanol–water partition coefficient (Wildman–Crippen LogP) is 2.96. The number of methoxy groups -OCH3 is 1. The third kappa shape index (κ3) is 4.72. The summed E-state index contributed by atoms with van der Waals surface area (Å²) in [5.74, 6) is -0.736. The summed E-state index contributed by atoms with van der Waals surface area (Å²) in [6.45, 7) is 4.92. The van der Waals surface area contributed by atoms with E-state index in [0.29, 0.717) is 31.6 Å². The fourth-order valence-corrected chi connectivity index (χ4v) is 3.04. The van der Waals surface area contributed by atoms with Gasteiger partial charge in [0.2, 0.25) is 11.8 Å². The maximum Gasteiger partial charge on any atom is 0.339 e. The van der Waals surface area contributed by atoms with E-state index in [1.54, 1.807) is 12.1 Å². The van der Waals surface area contributed by atoms with Gasteiger partial charge < -0.3 is 15.0 Å². The lowest BCUT2D eigenvalue weighted by Gasteiger charge is -2.32. The van der Waals surface area contributed by atoms with Crippen LogP contribution in [-0.2, 0) is 14.3 Å². The second-order valence-corrected chi connectivity index (χ2v) is 6.84. The molecule has 2 amide bonds. The number of carbonyl (C=O) groups excluding carboxylic acids is 3. The van der Waals surface area contributed by atoms with Crippen LogP contribution < -0.4 is 5.32 Å². The Hall–Kier alpha value is -2.08. The largest absolute Gasteiger partial charge is 0.465 e. The topological polar surface area (TPSA) is 75.7 Å². The van der Waals surface area contributed by atoms with Gasteiger partial charge in [0.1, 0.15) is 0 Å². The molecule has 1 aliphatic rings. The van der Waals surface area contributed by atoms with Gasteiger partial charge in [0, 0.05) is 30.6 Å². The van der Waals surface area contributed by atoms with Crippen LogP contribution in [-0.4, -0.2) is 42.9 Å². The lowest BCUT2D eigenvalue weighted by atomic mass is 9.95. The number of nitrogens with one attached hydrogen (secondary N) is 1. The van der Waals surface area contributed by atoms with Crippen LogP contribution in [0.1, 0.15) is 37.0 Å². The molecule has 0 saturated carbocycles. The Morgan fingerprint density at radius 1 is 1.24 bits per heavy atom. The molecule has 7 heteroatoms. The van der Waals surface area contributed by atoms with Crippen molar-refractivity contribution in [3.63, 3.8) is 0 Å². The molecule has 6 nitrogen and oxygen atoms in total. The van der Waals surface area contributed by atoms with Crippen molar-refractivity contribution in [2.75, 3.05) is 25.5 Å². The Morgan fingerprint density at radius 3 is 2.44 bits per heavy atom. The van der Waals surface area contributed by atoms with Gasteiger partial charge in [-0.2, -0.15) is 0 Å². The number of benzene rings is 1. The molecule has 0 aliphatic carbocycles. The van der Waals surface area contributed by atoms with Gasteiger partial charge in [0.15, 0.2) is 0 Å². The first-order valence-corrected chi connectivity index (χ1v) is 8.68. The molecule has 0 atom stereocenters. The van der Waals surface area contributed by atoms with E-state index in [9.17, 15) is 14.4 Å². The number of esters is 1. The highest BCUT2D eigenvalue weighted by atomic mass is 35.5. The van der Waals surface area contributed by atoms with Gasteiger partial charge in [-0.25, -0.2) is 4.79 Å². The summed E-state index contributed by atoms with van der Waals surface area (Å²) >= 11 is 5.98. The molecule has 2 rings (SSSR count). The Bertz CT molecular complexity index is 667. The minimum atomic E-state index is -0.554. The zero-order chi connectivity index (χ0) is 18.6. The summed E-state index contributed by atoms with van der Waals surface area (Å²) in [5.41, 5.74) is 0.704. The van der Waals surface area contributed by atoms with Gasteiger partial charge in [-0.15, -0.1) is 0 Å². The van der Waals surface area contributed by atoms with Crippen molar-refractivity contribution in [3.8, 4) is 0 Å². The van der Waals surface area contributed by atoms with Crippen LogP contribution in [0.2, 0.25) is 5.02 Å². The summed E-state index contributed by atoms with van der Waals surface area (Å²) in [7, 11) is 1.27. The number of hydrogen-bond acceptors (Lipinski definition) is 4. The van der Waals surface area contributed by atoms with Crippen LogP contribution in [0.15, 0.2) is 18.2 Å². The molecule has 1 aromatic carbocycles. The van der Waals surface area contributed by atoms with Crippen molar-refractivity contribution >= 4 is 35.1 Å². The average molecular weight is 367 g/mol. The number of piperidine rings is 1. The summed E-state index contributed by atoms with van der Waals surface area (Å²) in [6.07, 6.45) is 1.25. The van der Waals surface area contributed by atoms with Crippen molar-refractivity contribution < 1.29 is 19.1 Å². The maximum absolute atomic E-state index is 12.4. The number of carbonyl (C=O) groups is 3. The third-order valence-electron chi connectivity index (χ3n) is 4.31. The number of anilines is 1. The van der Waals surface area contributed by atoms with E-state index in [-0.39, 0.29) is 34.2 Å². The first-order valence-electron chi connectivity index (χ1n) is 8.31. The summed E-state index contributed by atoms with van der Waals surface area (Å²) in [6, 6.07) is 4.70. The molecular formula is C18H23ClN2O4. The number of amides is 2. The molecule has 1 saturated heterocycles. The standard InChI is InChI=1S/C18H23ClN2O4/c1-11(2)17(23)21-8-6-12(7-9-21)16(22)20-13-4-5-15(19)14(10-13)18(24)25-3/h4-5,10-12H,6-9H2,1-3H3,(H,20,22). The Morgan fingerprint density at radius 2 is 1.88 bits per heavy atom. The van der Waals surface area contributed by atoms with Crippen LogP contribution in [0.25, 0.3) is 0 Å². The van der Waals surface area contributed by atoms with Gasteiger partial charge in [-0.05, 0) is 31.0 Å². The molecule has 0 aromatic heterocycles. The van der Waals surface area contributed by atoms with E-state index in [1.165, 1.54) is 13.2 Å². The normalized spacial score (nSPS) is 15.2. The molecule has 1 heterocycles. The summed E-state index contributed by atoms with van der Waals surface area (Å²) in [5, 5.41) is 3.09. The van der Waals surface area contributed by atoms with E-state index >= 15 is 0 Å². The van der Waals surface area contributed by atoms with E-state index in [4.69, 9.17) is 11.6 Å². The maximum atomic E-state index is 12.4. The van der Waals surface area contributed by atoms with Crippen LogP contribution in [0.5, 0.6) is 0 Å². The Balaban J connectivity index is 1.97. The molecule has 1 aliphatic heterocycles. The second kappa shape index (κ2) is 8.34. The van der Waals surface area contributed by atoms with Crippen LogP contribution in [0.3, 0.4) is 0 Å². The molecule has 1 fully saturated rings. The van der Waals surface area contributed by atoms with E-state index in [1.807, 2.05) is 18.7 Å². The van der Waals surface area contributed by atoms with Gasteiger partial charge in [-0.1, -0.05) is 25.4 Å². The van der Waals surface area contributed by atoms with Crippen molar-refractivity contribution in [1.82, 2.24) is 4.90 Å². The molecule has 0 unspecified atom stereocenters. The third-order valence-corrected chi connectivity index (χ3v) is 4.64. The van der Waals surface area contributed by atoms with Gasteiger partial charge in [0.05, 0.1) is 17.7 Å². The highest BCUT2D eigenvalue weighted by molar-refractivity contribution is 6.33. The number of rotatable bonds is 4. The molecule has 0 radical (unpaired) electrons. The van der Waals surface area contributed by atoms with Crippen molar-refractivity contribution in [1.29, 1.82) is 0 Å². The van der Waals surface area contributed by atoms with E-state index < -0.39 is 5.97 Å². The van der Waals surface area contributed by atoms with Gasteiger partial charge in [-0.3, -0.25) is 9.59 Å². The number of hydrogen-bond donors (Lipinski definition) is 1. The minimum Gasteiger partial charge on any atom is -0.465 e. The Kier molecular flexibility index (Phi) is 6.42. The monoisotopic (exact) mass is 366 g/mol. The number of nitrogens with zero attached hydrogens (tertiary/aromatic N) is 1. The summed E-state index contributed by atoms with van der Waals surface area (Å²) < 4.78 is 4.67. The highest BCUT2D eigenvalue weighted by Gasteiger charge is 2.28. The van der Waals surface area contributed by atoms with Crippen molar-refractivity contribution in [2.24, 2.45) is 11.8 Å². The zero-order valence-corrected chi connectivity index (χ0v) is 15.4. The first-order chi connectivity index (χ1) is 11.8. The fourth-order valence-electron chi connectivity index (χ4n) is 2.84. The zero-order valence-electron chi connectivity index (χ0n) is 14.7. The predicted molar refractivity (Wildman–Crippen MR) is 95.6 cm³/mol. The van der Waals surface area contributed by atoms with Crippen LogP contribution in [0, 0.1) is 11.8 Å². The number of likely N-dealkylation sites (tertiary alicyclic amines) is 1. The quantitative estimate of drug-likeness (QED) is 0.831. The number of ether oxygens (including phenoxy) is 1. The lowest BCUT2D eigenvalue weighted by molar-refractivity contribution is -0.137. The highest BCUT2D eigenvalue weighted by Crippen LogP contribution is 2.24. The molecule has 0 spiro atoms. The molecule has 0 bridgehead atoms. The molecular weight excluding hydrogens is 344 g/mol. The van der Waals surface area contributed by atoms with Crippen LogP contribution >= 0.6 is 11.6 Å². The number of halogens is 1. The molecule has 1 aromatic rings. The fraction of sp³-hybridized carbons (Fsp3) is 0.500. The van der Waals surface area contributed by atoms with Gasteiger partial charge >= 0.3 is 5.97 Å². The second-order valence-electron chi connectivity index (χ2n) is 6.43. The minimum absolute atomic E-state index is 0.0313. The smallest absolute Gasteiger partial charge is 0.339 e.